The predicted molar refractivity (Wildman–Crippen MR) is 402 cm³/mol. The summed E-state index contributed by atoms with van der Waals surface area (Å²) in [6.45, 7) is 9.40. The molecule has 0 spiro atoms. The van der Waals surface area contributed by atoms with E-state index in [0.717, 1.165) is 28.3 Å². The molecular weight excluding hydrogens is 1140 g/mol. The number of fused-ring (bicyclic) bond motifs is 9. The first-order chi connectivity index (χ1) is 46.1. The molecule has 0 bridgehead atoms. The molecule has 0 unspecified atom stereocenters. The van der Waals surface area contributed by atoms with Crippen molar-refractivity contribution in [3.63, 3.8) is 0 Å². The Morgan fingerprint density at radius 1 is 0.234 bits per heavy atom. The zero-order chi connectivity index (χ0) is 63.3. The summed E-state index contributed by atoms with van der Waals surface area (Å²) in [4.78, 5) is 9.45. The van der Waals surface area contributed by atoms with Crippen molar-refractivity contribution in [2.24, 2.45) is 0 Å². The van der Waals surface area contributed by atoms with E-state index >= 15 is 0 Å². The Balaban J connectivity index is 0.000000149. The normalized spacial score (nSPS) is 13.6. The maximum Gasteiger partial charge on any atom is 0.0503 e. The van der Waals surface area contributed by atoms with E-state index in [1.807, 2.05) is 0 Å². The number of anilines is 10. The largest absolute Gasteiger partial charge is 0.317 e. The predicted octanol–water partition coefficient (Wildman–Crippen LogP) is 25.0. The van der Waals surface area contributed by atoms with E-state index < -0.39 is 0 Å². The zero-order valence-electron chi connectivity index (χ0n) is 53.3. The summed E-state index contributed by atoms with van der Waals surface area (Å²) < 4.78 is 0. The van der Waals surface area contributed by atoms with Gasteiger partial charge in [-0.2, -0.15) is 0 Å². The van der Waals surface area contributed by atoms with Crippen LogP contribution in [-0.2, 0) is 10.8 Å². The van der Waals surface area contributed by atoms with Gasteiger partial charge in [0.1, 0.15) is 0 Å². The Morgan fingerprint density at radius 2 is 0.532 bits per heavy atom. The number of hydrogen-bond donors (Lipinski definition) is 0. The number of para-hydroxylation sites is 3. The molecule has 0 amide bonds. The van der Waals surface area contributed by atoms with Crippen molar-refractivity contribution in [2.75, 3.05) is 19.6 Å². The van der Waals surface area contributed by atoms with E-state index in [-0.39, 0.29) is 10.8 Å². The van der Waals surface area contributed by atoms with Gasteiger partial charge < -0.3 is 19.6 Å². The van der Waals surface area contributed by atoms with Gasteiger partial charge in [-0.1, -0.05) is 246 Å². The van der Waals surface area contributed by atoms with Crippen LogP contribution in [0.1, 0.15) is 61.1 Å². The molecule has 0 saturated carbocycles. The highest BCUT2D eigenvalue weighted by Gasteiger charge is 2.38. The fourth-order valence-corrected chi connectivity index (χ4v) is 14.4. The molecule has 2 aliphatic rings. The lowest BCUT2D eigenvalue weighted by Gasteiger charge is -2.42. The van der Waals surface area contributed by atoms with E-state index in [0.29, 0.717) is 0 Å². The summed E-state index contributed by atoms with van der Waals surface area (Å²) >= 11 is 0. The first-order valence-corrected chi connectivity index (χ1v) is 32.6. The lowest BCUT2D eigenvalue weighted by molar-refractivity contribution is 0.631. The van der Waals surface area contributed by atoms with E-state index in [9.17, 15) is 0 Å². The number of rotatable bonds is 10. The second-order valence-electron chi connectivity index (χ2n) is 25.9. The van der Waals surface area contributed by atoms with Crippen LogP contribution in [-0.4, -0.2) is 0 Å². The highest BCUT2D eigenvalue weighted by Crippen LogP contribution is 2.54. The Bertz CT molecular complexity index is 5290. The Hall–Kier alpha value is -11.7. The van der Waals surface area contributed by atoms with Gasteiger partial charge >= 0.3 is 0 Å². The minimum atomic E-state index is -0.181. The molecule has 15 aromatic carbocycles. The van der Waals surface area contributed by atoms with E-state index in [1.54, 1.807) is 0 Å². The van der Waals surface area contributed by atoms with Crippen molar-refractivity contribution in [3.8, 4) is 0 Å². The summed E-state index contributed by atoms with van der Waals surface area (Å²) in [6.07, 6.45) is 8.94. The lowest BCUT2D eigenvalue weighted by Crippen LogP contribution is -2.30. The molecule has 94 heavy (non-hydrogen) atoms. The summed E-state index contributed by atoms with van der Waals surface area (Å²) in [5.74, 6) is 0. The molecule has 15 aromatic rings. The maximum atomic E-state index is 2.44. The maximum absolute atomic E-state index is 2.44. The summed E-state index contributed by atoms with van der Waals surface area (Å²) in [7, 11) is 0. The van der Waals surface area contributed by atoms with Gasteiger partial charge in [0, 0.05) is 57.4 Å². The molecule has 450 valence electrons. The molecule has 0 saturated heterocycles. The molecule has 2 heterocycles. The second kappa shape index (κ2) is 23.8. The third kappa shape index (κ3) is 10.6. The second-order valence-corrected chi connectivity index (χ2v) is 25.9. The van der Waals surface area contributed by atoms with Crippen LogP contribution in [0.4, 0.5) is 56.9 Å². The van der Waals surface area contributed by atoms with Crippen LogP contribution in [0.5, 0.6) is 0 Å². The SMILES string of the molecule is CC1(C)c2ccccc2N(c2ccc3ccccc3c2)c2ccc(/C=C/N(c3ccc4ccccc4c3)c3ccc4ccccc4c3)cc21.CC1(C)c2ccccc2N(c2ccccc2)c2ccc(/C=C/N(c3ccc4ccccc4c3)c3ccc4ccccc4c3)cc21. The van der Waals surface area contributed by atoms with Crippen molar-refractivity contribution in [3.05, 3.63) is 373 Å². The molecule has 0 radical (unpaired) electrons. The molecule has 4 heteroatoms. The summed E-state index contributed by atoms with van der Waals surface area (Å²) in [5.41, 5.74) is 19.0. The van der Waals surface area contributed by atoms with E-state index in [1.165, 1.54) is 116 Å². The van der Waals surface area contributed by atoms with Crippen LogP contribution in [0.3, 0.4) is 0 Å². The van der Waals surface area contributed by atoms with Crippen LogP contribution in [0.25, 0.3) is 66.0 Å². The highest BCUT2D eigenvalue weighted by atomic mass is 15.2. The Kier molecular flexibility index (Phi) is 14.6. The van der Waals surface area contributed by atoms with Crippen molar-refractivity contribution in [2.45, 2.75) is 38.5 Å². The van der Waals surface area contributed by atoms with Crippen LogP contribution in [0.15, 0.2) is 340 Å². The molecule has 17 rings (SSSR count). The van der Waals surface area contributed by atoms with Crippen molar-refractivity contribution >= 4 is 123 Å². The fraction of sp³-hybridized carbons (Fsp3) is 0.0667. The molecule has 0 N–H and O–H groups in total. The Morgan fingerprint density at radius 3 is 0.915 bits per heavy atom. The average molecular weight is 1210 g/mol. The number of benzene rings is 15. The Labute approximate surface area is 551 Å². The third-order valence-corrected chi connectivity index (χ3v) is 19.4. The molecule has 0 aromatic heterocycles. The van der Waals surface area contributed by atoms with Crippen LogP contribution in [0.2, 0.25) is 0 Å². The van der Waals surface area contributed by atoms with Crippen LogP contribution >= 0.6 is 0 Å². The first-order valence-electron chi connectivity index (χ1n) is 32.6. The molecule has 0 atom stereocenters. The smallest absolute Gasteiger partial charge is 0.0503 e. The molecule has 2 aliphatic heterocycles. The topological polar surface area (TPSA) is 13.0 Å². The molecular formula is C90H70N4. The van der Waals surface area contributed by atoms with Gasteiger partial charge in [-0.05, 0) is 209 Å². The molecule has 4 nitrogen and oxygen atoms in total. The van der Waals surface area contributed by atoms with Crippen LogP contribution < -0.4 is 19.6 Å². The van der Waals surface area contributed by atoms with Crippen molar-refractivity contribution in [1.29, 1.82) is 0 Å². The van der Waals surface area contributed by atoms with Gasteiger partial charge in [-0.25, -0.2) is 0 Å². The van der Waals surface area contributed by atoms with Gasteiger partial charge in [0.05, 0.1) is 22.7 Å². The van der Waals surface area contributed by atoms with E-state index in [2.05, 4.69) is 399 Å². The number of hydrogen-bond acceptors (Lipinski definition) is 4. The third-order valence-electron chi connectivity index (χ3n) is 19.4. The molecule has 0 fully saturated rings. The van der Waals surface area contributed by atoms with Gasteiger partial charge in [-0.3, -0.25) is 0 Å². The quantitative estimate of drug-likeness (QED) is 0.135. The monoisotopic (exact) mass is 1210 g/mol. The first kappa shape index (κ1) is 57.4. The van der Waals surface area contributed by atoms with Gasteiger partial charge in [0.25, 0.3) is 0 Å². The minimum absolute atomic E-state index is 0.155. The minimum Gasteiger partial charge on any atom is -0.317 e. The lowest BCUT2D eigenvalue weighted by atomic mass is 9.73. The highest BCUT2D eigenvalue weighted by molar-refractivity contribution is 5.96. The number of nitrogens with zero attached hydrogens (tertiary/aromatic N) is 4. The van der Waals surface area contributed by atoms with Gasteiger partial charge in [-0.15, -0.1) is 0 Å². The van der Waals surface area contributed by atoms with Gasteiger partial charge in [0.15, 0.2) is 0 Å². The van der Waals surface area contributed by atoms with Crippen molar-refractivity contribution in [1.82, 2.24) is 0 Å². The summed E-state index contributed by atoms with van der Waals surface area (Å²) in [6, 6.07) is 119. The zero-order valence-corrected chi connectivity index (χ0v) is 53.3. The van der Waals surface area contributed by atoms with Crippen molar-refractivity contribution < 1.29 is 0 Å². The fourth-order valence-electron chi connectivity index (χ4n) is 14.4. The molecule has 0 aliphatic carbocycles. The summed E-state index contributed by atoms with van der Waals surface area (Å²) in [5, 5.41) is 12.3. The van der Waals surface area contributed by atoms with E-state index in [4.69, 9.17) is 0 Å². The van der Waals surface area contributed by atoms with Crippen LogP contribution in [0, 0.1) is 0 Å². The average Bonchev–Trinajstić information content (AvgIpc) is 0.732. The van der Waals surface area contributed by atoms with Gasteiger partial charge in [0.2, 0.25) is 0 Å². The standard InChI is InChI=1S/C47H36N2.C43H34N2/c1-47(2)43-17-9-10-18-45(43)49(42-25-22-36-13-5-8-16-39(36)32-42)46-26-19-33(29-44(46)47)27-28-48(40-23-20-34-11-3-6-14-37(34)30-40)41-24-21-35-12-4-7-15-38(35)31-41;1-43(2)39-18-10-11-19-41(39)45(36-16-4-3-5-17-36)42-25-20-31(28-40(42)43)26-27-44(37-23-21-32-12-6-8-14-34(32)29-37)38-24-22-33-13-7-9-15-35(33)30-38/h3-32H,1-2H3;3-30H,1-2H3/b28-27+;27-26+.